The van der Waals surface area contributed by atoms with E-state index >= 15 is 0 Å². The first-order valence-corrected chi connectivity index (χ1v) is 7.98. The number of hydrogen-bond donors (Lipinski definition) is 2. The Morgan fingerprint density at radius 3 is 2.52 bits per heavy atom. The Hall–Kier alpha value is -2.04. The van der Waals surface area contributed by atoms with Crippen LogP contribution in [0.3, 0.4) is 0 Å². The molecule has 0 aromatic heterocycles. The van der Waals surface area contributed by atoms with Crippen LogP contribution in [-0.2, 0) is 11.4 Å². The third-order valence-electron chi connectivity index (χ3n) is 3.96. The fourth-order valence-electron chi connectivity index (χ4n) is 2.58. The van der Waals surface area contributed by atoms with Crippen LogP contribution in [0.15, 0.2) is 48.5 Å². The quantitative estimate of drug-likeness (QED) is 0.820. The Labute approximate surface area is 140 Å². The molecule has 1 aliphatic rings. The Morgan fingerprint density at radius 1 is 1.17 bits per heavy atom. The first-order chi connectivity index (χ1) is 11.1. The molecule has 0 saturated heterocycles. The van der Waals surface area contributed by atoms with Gasteiger partial charge in [-0.1, -0.05) is 35.9 Å². The molecule has 4 nitrogen and oxygen atoms in total. The highest BCUT2D eigenvalue weighted by atomic mass is 35.5. The number of rotatable bonds is 7. The Bertz CT molecular complexity index is 670. The molecule has 23 heavy (non-hydrogen) atoms. The standard InChI is InChI=1S/C18H19ClN2O2/c19-14-5-1-12(2-6-14)11-23-15-7-3-13(4-8-15)16-9-17(16)21-10-18(20)22/h1-8,16-17,21H,9-11H2,(H2,20,22)/t16?,17-/m0/s1. The first kappa shape index (κ1) is 15.8. The van der Waals surface area contributed by atoms with Gasteiger partial charge >= 0.3 is 0 Å². The van der Waals surface area contributed by atoms with Gasteiger partial charge in [0.25, 0.3) is 0 Å². The SMILES string of the molecule is NC(=O)CN[C@H]1CC1c1ccc(OCc2ccc(Cl)cc2)cc1. The molecule has 0 bridgehead atoms. The second-order valence-corrected chi connectivity index (χ2v) is 6.22. The fraction of sp³-hybridized carbons (Fsp3) is 0.278. The van der Waals surface area contributed by atoms with Crippen molar-refractivity contribution in [2.75, 3.05) is 6.54 Å². The van der Waals surface area contributed by atoms with Gasteiger partial charge in [-0.05, 0) is 41.8 Å². The van der Waals surface area contributed by atoms with Crippen molar-refractivity contribution in [1.29, 1.82) is 0 Å². The summed E-state index contributed by atoms with van der Waals surface area (Å²) in [6, 6.07) is 16.1. The van der Waals surface area contributed by atoms with Crippen LogP contribution in [-0.4, -0.2) is 18.5 Å². The van der Waals surface area contributed by atoms with Crippen LogP contribution in [0.4, 0.5) is 0 Å². The number of benzene rings is 2. The molecule has 1 amide bonds. The van der Waals surface area contributed by atoms with Gasteiger partial charge in [0.15, 0.2) is 0 Å². The molecule has 3 N–H and O–H groups in total. The summed E-state index contributed by atoms with van der Waals surface area (Å²) in [6.07, 6.45) is 1.04. The Kier molecular flexibility index (Phi) is 4.84. The average Bonchev–Trinajstić information content (AvgIpc) is 3.33. The van der Waals surface area contributed by atoms with E-state index in [0.717, 1.165) is 22.8 Å². The van der Waals surface area contributed by atoms with Gasteiger partial charge in [0.2, 0.25) is 5.91 Å². The largest absolute Gasteiger partial charge is 0.489 e. The number of ether oxygens (including phenoxy) is 1. The normalized spacial score (nSPS) is 19.3. The first-order valence-electron chi connectivity index (χ1n) is 7.61. The van der Waals surface area contributed by atoms with Crippen LogP contribution in [0.25, 0.3) is 0 Å². The maximum absolute atomic E-state index is 10.8. The van der Waals surface area contributed by atoms with E-state index in [-0.39, 0.29) is 12.5 Å². The lowest BCUT2D eigenvalue weighted by molar-refractivity contribution is -0.117. The smallest absolute Gasteiger partial charge is 0.231 e. The second-order valence-electron chi connectivity index (χ2n) is 5.78. The van der Waals surface area contributed by atoms with Gasteiger partial charge in [-0.3, -0.25) is 4.79 Å². The predicted molar refractivity (Wildman–Crippen MR) is 90.6 cm³/mol. The topological polar surface area (TPSA) is 64.4 Å². The zero-order valence-corrected chi connectivity index (χ0v) is 13.4. The maximum atomic E-state index is 10.8. The van der Waals surface area contributed by atoms with Crippen LogP contribution in [0.1, 0.15) is 23.5 Å². The van der Waals surface area contributed by atoms with E-state index in [0.29, 0.717) is 18.6 Å². The maximum Gasteiger partial charge on any atom is 0.231 e. The van der Waals surface area contributed by atoms with Gasteiger partial charge in [0.05, 0.1) is 6.54 Å². The lowest BCUT2D eigenvalue weighted by Gasteiger charge is -2.08. The molecule has 5 heteroatoms. The molecule has 2 atom stereocenters. The second kappa shape index (κ2) is 7.02. The van der Waals surface area contributed by atoms with Gasteiger partial charge in [-0.25, -0.2) is 0 Å². The highest BCUT2D eigenvalue weighted by molar-refractivity contribution is 6.30. The zero-order valence-electron chi connectivity index (χ0n) is 12.7. The summed E-state index contributed by atoms with van der Waals surface area (Å²) in [7, 11) is 0. The van der Waals surface area contributed by atoms with Crippen molar-refractivity contribution in [2.24, 2.45) is 5.73 Å². The van der Waals surface area contributed by atoms with Crippen LogP contribution in [0.2, 0.25) is 5.02 Å². The van der Waals surface area contributed by atoms with Gasteiger partial charge in [0.1, 0.15) is 12.4 Å². The number of carbonyl (C=O) groups is 1. The van der Waals surface area contributed by atoms with Crippen LogP contribution in [0, 0.1) is 0 Å². The van der Waals surface area contributed by atoms with Crippen molar-refractivity contribution >= 4 is 17.5 Å². The molecule has 0 spiro atoms. The van der Waals surface area contributed by atoms with E-state index in [4.69, 9.17) is 22.1 Å². The lowest BCUT2D eigenvalue weighted by atomic mass is 10.1. The van der Waals surface area contributed by atoms with E-state index in [1.54, 1.807) is 0 Å². The summed E-state index contributed by atoms with van der Waals surface area (Å²) in [5, 5.41) is 3.88. The number of carbonyl (C=O) groups excluding carboxylic acids is 1. The Balaban J connectivity index is 1.50. The van der Waals surface area contributed by atoms with Crippen LogP contribution >= 0.6 is 11.6 Å². The van der Waals surface area contributed by atoms with E-state index in [1.165, 1.54) is 5.56 Å². The van der Waals surface area contributed by atoms with Gasteiger partial charge in [-0.15, -0.1) is 0 Å². The van der Waals surface area contributed by atoms with Crippen LogP contribution in [0.5, 0.6) is 5.75 Å². The van der Waals surface area contributed by atoms with E-state index in [1.807, 2.05) is 36.4 Å². The number of amides is 1. The van der Waals surface area contributed by atoms with Crippen molar-refractivity contribution in [3.8, 4) is 5.75 Å². The zero-order chi connectivity index (χ0) is 16.2. The molecule has 0 heterocycles. The average molecular weight is 331 g/mol. The van der Waals surface area contributed by atoms with Gasteiger partial charge in [0, 0.05) is 17.0 Å². The van der Waals surface area contributed by atoms with Crippen molar-refractivity contribution < 1.29 is 9.53 Å². The molecule has 0 radical (unpaired) electrons. The fourth-order valence-corrected chi connectivity index (χ4v) is 2.71. The summed E-state index contributed by atoms with van der Waals surface area (Å²) in [6.45, 7) is 0.756. The summed E-state index contributed by atoms with van der Waals surface area (Å²) < 4.78 is 5.77. The molecular weight excluding hydrogens is 312 g/mol. The van der Waals surface area contributed by atoms with E-state index in [2.05, 4.69) is 17.4 Å². The number of hydrogen-bond acceptors (Lipinski definition) is 3. The summed E-state index contributed by atoms with van der Waals surface area (Å²) in [5.41, 5.74) is 7.47. The minimum absolute atomic E-state index is 0.240. The molecule has 2 aromatic carbocycles. The minimum Gasteiger partial charge on any atom is -0.489 e. The number of nitrogens with two attached hydrogens (primary N) is 1. The molecule has 3 rings (SSSR count). The van der Waals surface area contributed by atoms with Crippen molar-refractivity contribution in [3.63, 3.8) is 0 Å². The van der Waals surface area contributed by atoms with Crippen molar-refractivity contribution in [2.45, 2.75) is 25.0 Å². The third-order valence-corrected chi connectivity index (χ3v) is 4.21. The number of primary amides is 1. The molecule has 1 aliphatic carbocycles. The molecule has 0 aliphatic heterocycles. The highest BCUT2D eigenvalue weighted by Gasteiger charge is 2.37. The molecular formula is C18H19ClN2O2. The van der Waals surface area contributed by atoms with Gasteiger partial charge in [-0.2, -0.15) is 0 Å². The van der Waals surface area contributed by atoms with E-state index in [9.17, 15) is 4.79 Å². The summed E-state index contributed by atoms with van der Waals surface area (Å²) in [5.74, 6) is 0.979. The molecule has 120 valence electrons. The number of nitrogens with one attached hydrogen (secondary N) is 1. The van der Waals surface area contributed by atoms with Crippen molar-refractivity contribution in [3.05, 3.63) is 64.7 Å². The summed E-state index contributed by atoms with van der Waals surface area (Å²) in [4.78, 5) is 10.8. The number of halogens is 1. The molecule has 1 saturated carbocycles. The molecule has 1 unspecified atom stereocenters. The lowest BCUT2D eigenvalue weighted by Crippen LogP contribution is -2.30. The van der Waals surface area contributed by atoms with Crippen LogP contribution < -0.4 is 15.8 Å². The van der Waals surface area contributed by atoms with Gasteiger partial charge < -0.3 is 15.8 Å². The monoisotopic (exact) mass is 330 g/mol. The molecule has 2 aromatic rings. The summed E-state index contributed by atoms with van der Waals surface area (Å²) >= 11 is 5.86. The minimum atomic E-state index is -0.318. The van der Waals surface area contributed by atoms with E-state index < -0.39 is 0 Å². The highest BCUT2D eigenvalue weighted by Crippen LogP contribution is 2.41. The van der Waals surface area contributed by atoms with Crippen molar-refractivity contribution in [1.82, 2.24) is 5.32 Å². The molecule has 1 fully saturated rings. The predicted octanol–water partition coefficient (Wildman–Crippen LogP) is 2.85. The Morgan fingerprint density at radius 2 is 1.87 bits per heavy atom. The third kappa shape index (κ3) is 4.47.